The first kappa shape index (κ1) is 12.3. The van der Waals surface area contributed by atoms with Crippen LogP contribution in [0, 0.1) is 0 Å². The van der Waals surface area contributed by atoms with E-state index >= 15 is 0 Å². The van der Waals surface area contributed by atoms with E-state index in [2.05, 4.69) is 5.32 Å². The molecule has 2 atom stereocenters. The molecule has 5 nitrogen and oxygen atoms in total. The van der Waals surface area contributed by atoms with Crippen molar-refractivity contribution in [1.29, 1.82) is 0 Å². The Morgan fingerprint density at radius 3 is 2.73 bits per heavy atom. The Morgan fingerprint density at radius 1 is 1.53 bits per heavy atom. The Labute approximate surface area is 92.2 Å². The highest BCUT2D eigenvalue weighted by molar-refractivity contribution is 8.00. The van der Waals surface area contributed by atoms with Gasteiger partial charge in [0.05, 0.1) is 5.25 Å². The smallest absolute Gasteiger partial charge is 0.326 e. The molecule has 1 saturated heterocycles. The van der Waals surface area contributed by atoms with Crippen molar-refractivity contribution < 1.29 is 19.8 Å². The number of carboxylic acids is 1. The molecule has 0 aromatic carbocycles. The molecule has 86 valence electrons. The summed E-state index contributed by atoms with van der Waals surface area (Å²) in [6, 6.07) is -0.969. The molecule has 1 amide bonds. The number of carbonyl (C=O) groups is 2. The molecular formula is C9H15NO4S. The zero-order valence-corrected chi connectivity index (χ0v) is 9.13. The maximum atomic E-state index is 11.6. The van der Waals surface area contributed by atoms with Gasteiger partial charge in [0.2, 0.25) is 5.91 Å². The van der Waals surface area contributed by atoms with Gasteiger partial charge in [-0.1, -0.05) is 0 Å². The van der Waals surface area contributed by atoms with E-state index in [9.17, 15) is 9.59 Å². The van der Waals surface area contributed by atoms with Gasteiger partial charge in [-0.05, 0) is 18.6 Å². The Morgan fingerprint density at radius 2 is 2.27 bits per heavy atom. The van der Waals surface area contributed by atoms with Crippen LogP contribution in [-0.2, 0) is 9.59 Å². The first-order valence-corrected chi connectivity index (χ1v) is 5.95. The maximum absolute atomic E-state index is 11.6. The predicted molar refractivity (Wildman–Crippen MR) is 56.7 cm³/mol. The lowest BCUT2D eigenvalue weighted by molar-refractivity contribution is -0.142. The number of aliphatic hydroxyl groups excluding tert-OH is 1. The van der Waals surface area contributed by atoms with Gasteiger partial charge >= 0.3 is 5.97 Å². The first-order chi connectivity index (χ1) is 7.15. The number of nitrogens with one attached hydrogen (secondary N) is 1. The highest BCUT2D eigenvalue weighted by atomic mass is 32.2. The highest BCUT2D eigenvalue weighted by Gasteiger charge is 2.27. The Kier molecular flexibility index (Phi) is 4.90. The fourth-order valence-corrected chi connectivity index (χ4v) is 2.61. The number of carbonyl (C=O) groups excluding carboxylic acids is 1. The molecule has 0 radical (unpaired) electrons. The SMILES string of the molecule is O=C(N[C@@H](CCO)C(=O)O)C1CCCS1. The summed E-state index contributed by atoms with van der Waals surface area (Å²) in [5, 5.41) is 19.7. The normalized spacial score (nSPS) is 22.3. The Bertz CT molecular complexity index is 240. The van der Waals surface area contributed by atoms with E-state index in [0.717, 1.165) is 18.6 Å². The van der Waals surface area contributed by atoms with Gasteiger partial charge in [-0.3, -0.25) is 4.79 Å². The van der Waals surface area contributed by atoms with Gasteiger partial charge in [-0.25, -0.2) is 4.79 Å². The molecule has 0 aromatic heterocycles. The van der Waals surface area contributed by atoms with Gasteiger partial charge in [-0.15, -0.1) is 11.8 Å². The molecule has 1 unspecified atom stereocenters. The number of hydrogen-bond acceptors (Lipinski definition) is 4. The largest absolute Gasteiger partial charge is 0.480 e. The molecule has 0 bridgehead atoms. The molecule has 1 aliphatic heterocycles. The van der Waals surface area contributed by atoms with Gasteiger partial charge in [0.15, 0.2) is 0 Å². The minimum absolute atomic E-state index is 0.0540. The minimum atomic E-state index is -1.10. The third-order valence-corrected chi connectivity index (χ3v) is 3.63. The van der Waals surface area contributed by atoms with Gasteiger partial charge in [0.1, 0.15) is 6.04 Å². The van der Waals surface area contributed by atoms with Crippen LogP contribution in [0.2, 0.25) is 0 Å². The highest BCUT2D eigenvalue weighted by Crippen LogP contribution is 2.26. The second kappa shape index (κ2) is 5.97. The lowest BCUT2D eigenvalue weighted by Crippen LogP contribution is -2.44. The zero-order valence-electron chi connectivity index (χ0n) is 8.31. The summed E-state index contributed by atoms with van der Waals surface area (Å²) in [4.78, 5) is 22.3. The van der Waals surface area contributed by atoms with Crippen LogP contribution in [-0.4, -0.2) is 45.7 Å². The van der Waals surface area contributed by atoms with Crippen LogP contribution in [0.4, 0.5) is 0 Å². The number of rotatable bonds is 5. The van der Waals surface area contributed by atoms with Gasteiger partial charge in [-0.2, -0.15) is 0 Å². The topological polar surface area (TPSA) is 86.6 Å². The Balaban J connectivity index is 2.42. The number of thioether (sulfide) groups is 1. The molecule has 1 heterocycles. The molecule has 6 heteroatoms. The maximum Gasteiger partial charge on any atom is 0.326 e. The number of aliphatic carboxylic acids is 1. The van der Waals surface area contributed by atoms with Gasteiger partial charge in [0, 0.05) is 13.0 Å². The summed E-state index contributed by atoms with van der Waals surface area (Å²) >= 11 is 1.55. The van der Waals surface area contributed by atoms with Gasteiger partial charge in [0.25, 0.3) is 0 Å². The van der Waals surface area contributed by atoms with E-state index in [0.29, 0.717) is 0 Å². The molecule has 0 spiro atoms. The molecule has 1 rings (SSSR count). The standard InChI is InChI=1S/C9H15NO4S/c11-4-3-6(9(13)14)10-8(12)7-2-1-5-15-7/h6-7,11H,1-5H2,(H,10,12)(H,13,14)/t6-,7?/m0/s1. The van der Waals surface area contributed by atoms with Crippen LogP contribution in [0.5, 0.6) is 0 Å². The van der Waals surface area contributed by atoms with Crippen LogP contribution < -0.4 is 5.32 Å². The van der Waals surface area contributed by atoms with Crippen LogP contribution in [0.1, 0.15) is 19.3 Å². The second-order valence-electron chi connectivity index (χ2n) is 3.41. The molecule has 0 aromatic rings. The fourth-order valence-electron chi connectivity index (χ4n) is 1.44. The average Bonchev–Trinajstić information content (AvgIpc) is 2.69. The molecule has 1 fully saturated rings. The number of carboxylic acid groups (broad SMARTS) is 1. The zero-order chi connectivity index (χ0) is 11.3. The van der Waals surface area contributed by atoms with E-state index in [1.165, 1.54) is 0 Å². The van der Waals surface area contributed by atoms with E-state index in [4.69, 9.17) is 10.2 Å². The van der Waals surface area contributed by atoms with Crippen LogP contribution >= 0.6 is 11.8 Å². The van der Waals surface area contributed by atoms with Crippen molar-refractivity contribution in [3.63, 3.8) is 0 Å². The summed E-state index contributed by atoms with van der Waals surface area (Å²) in [7, 11) is 0. The monoisotopic (exact) mass is 233 g/mol. The van der Waals surface area contributed by atoms with E-state index < -0.39 is 12.0 Å². The first-order valence-electron chi connectivity index (χ1n) is 4.90. The number of aliphatic hydroxyl groups is 1. The van der Waals surface area contributed by atoms with Crippen molar-refractivity contribution >= 4 is 23.6 Å². The van der Waals surface area contributed by atoms with Gasteiger partial charge < -0.3 is 15.5 Å². The van der Waals surface area contributed by atoms with E-state index in [1.807, 2.05) is 0 Å². The minimum Gasteiger partial charge on any atom is -0.480 e. The molecule has 0 aliphatic carbocycles. The summed E-state index contributed by atoms with van der Waals surface area (Å²) < 4.78 is 0. The van der Waals surface area contributed by atoms with Crippen molar-refractivity contribution in [1.82, 2.24) is 5.32 Å². The van der Waals surface area contributed by atoms with Crippen molar-refractivity contribution in [3.05, 3.63) is 0 Å². The molecule has 0 saturated carbocycles. The second-order valence-corrected chi connectivity index (χ2v) is 4.72. The van der Waals surface area contributed by atoms with Crippen molar-refractivity contribution in [2.75, 3.05) is 12.4 Å². The summed E-state index contributed by atoms with van der Waals surface area (Å²) in [5.41, 5.74) is 0. The van der Waals surface area contributed by atoms with E-state index in [-0.39, 0.29) is 24.2 Å². The molecular weight excluding hydrogens is 218 g/mol. The molecule has 3 N–H and O–H groups in total. The van der Waals surface area contributed by atoms with Crippen LogP contribution in [0.3, 0.4) is 0 Å². The van der Waals surface area contributed by atoms with Crippen molar-refractivity contribution in [2.24, 2.45) is 0 Å². The summed E-state index contributed by atoms with van der Waals surface area (Å²) in [6.07, 6.45) is 1.86. The lowest BCUT2D eigenvalue weighted by atomic mass is 10.2. The molecule has 1 aliphatic rings. The average molecular weight is 233 g/mol. The summed E-state index contributed by atoms with van der Waals surface area (Å²) in [6.45, 7) is -0.241. The number of amides is 1. The molecule has 15 heavy (non-hydrogen) atoms. The number of hydrogen-bond donors (Lipinski definition) is 3. The lowest BCUT2D eigenvalue weighted by Gasteiger charge is -2.15. The fraction of sp³-hybridized carbons (Fsp3) is 0.778. The quantitative estimate of drug-likeness (QED) is 0.614. The predicted octanol–water partition coefficient (Wildman–Crippen LogP) is -0.166. The third kappa shape index (κ3) is 3.71. The third-order valence-electron chi connectivity index (χ3n) is 2.25. The van der Waals surface area contributed by atoms with Crippen molar-refractivity contribution in [2.45, 2.75) is 30.6 Å². The summed E-state index contributed by atoms with van der Waals surface area (Å²) in [5.74, 6) is -0.366. The van der Waals surface area contributed by atoms with Crippen molar-refractivity contribution in [3.8, 4) is 0 Å². The van der Waals surface area contributed by atoms with Crippen LogP contribution in [0.15, 0.2) is 0 Å². The van der Waals surface area contributed by atoms with Crippen LogP contribution in [0.25, 0.3) is 0 Å². The Hall–Kier alpha value is -0.750. The van der Waals surface area contributed by atoms with E-state index in [1.54, 1.807) is 11.8 Å².